The van der Waals surface area contributed by atoms with Crippen molar-refractivity contribution in [3.63, 3.8) is 0 Å². The number of rotatable bonds is 5. The summed E-state index contributed by atoms with van der Waals surface area (Å²) in [5.41, 5.74) is 0. The van der Waals surface area contributed by atoms with Crippen molar-refractivity contribution >= 4 is 15.8 Å². The minimum atomic E-state index is -5.99. The largest absolute Gasteiger partial charge is 0.515 e. The van der Waals surface area contributed by atoms with Crippen LogP contribution in [-0.4, -0.2) is 22.5 Å². The van der Waals surface area contributed by atoms with Gasteiger partial charge in [0.15, 0.2) is 6.61 Å². The van der Waals surface area contributed by atoms with Gasteiger partial charge in [-0.05, 0) is 0 Å². The molecule has 0 saturated carbocycles. The van der Waals surface area contributed by atoms with Gasteiger partial charge in [0.1, 0.15) is 0 Å². The molecule has 0 aromatic rings. The molecule has 14 heavy (non-hydrogen) atoms. The van der Waals surface area contributed by atoms with Gasteiger partial charge in [-0.3, -0.25) is 14.3 Å². The highest BCUT2D eigenvalue weighted by atomic mass is 31.2. The third-order valence-electron chi connectivity index (χ3n) is 0.638. The molecule has 0 spiro atoms. The summed E-state index contributed by atoms with van der Waals surface area (Å²) in [7, 11) is -11.7. The topological polar surface area (TPSA) is 93.1 Å². The van der Waals surface area contributed by atoms with Crippen LogP contribution < -0.4 is 0 Å². The number of hydrogen-bond donors (Lipinski definition) is 2. The van der Waals surface area contributed by atoms with Gasteiger partial charge in [-0.2, -0.15) is 8.78 Å². The molecule has 86 valence electrons. The van der Waals surface area contributed by atoms with E-state index in [1.807, 2.05) is 0 Å². The lowest BCUT2D eigenvalue weighted by Crippen LogP contribution is -2.24. The monoisotopic (exact) mass is 262 g/mol. The van der Waals surface area contributed by atoms with Crippen molar-refractivity contribution < 1.29 is 45.1 Å². The molecule has 0 aliphatic heterocycles. The normalized spacial score (nSPS) is 21.3. The molecule has 12 heteroatoms. The highest BCUT2D eigenvalue weighted by molar-refractivity contribution is 7.47. The molecule has 0 amide bonds. The first-order valence-electron chi connectivity index (χ1n) is 2.69. The van der Waals surface area contributed by atoms with Crippen LogP contribution in [0.5, 0.6) is 0 Å². The molecule has 0 fully saturated rings. The van der Waals surface area contributed by atoms with Crippen molar-refractivity contribution in [2.24, 2.45) is 0 Å². The summed E-state index contributed by atoms with van der Waals surface area (Å²) in [6.45, 7) is -2.17. The second kappa shape index (κ2) is 4.26. The Kier molecular flexibility index (Phi) is 4.26. The first-order chi connectivity index (χ1) is 5.91. The lowest BCUT2D eigenvalue weighted by atomic mass is 10.7. The van der Waals surface area contributed by atoms with Crippen LogP contribution in [0.3, 0.4) is 0 Å². The highest BCUT2D eigenvalue weighted by Crippen LogP contribution is 2.50. The van der Waals surface area contributed by atoms with E-state index < -0.39 is 28.5 Å². The third kappa shape index (κ3) is 8.61. The predicted molar refractivity (Wildman–Crippen MR) is 33.9 cm³/mol. The maximum absolute atomic E-state index is 12.1. The average Bonchev–Trinajstić information content (AvgIpc) is 1.76. The highest BCUT2D eigenvalue weighted by Gasteiger charge is 2.42. The Morgan fingerprint density at radius 3 is 1.86 bits per heavy atom. The number of hydrogen-bond acceptors (Lipinski definition) is 4. The quantitative estimate of drug-likeness (QED) is 0.579. The van der Waals surface area contributed by atoms with E-state index in [1.165, 1.54) is 0 Å². The number of alkyl halides is 2. The SMILES string of the molecule is O=P(O)(F)OCC(F)(F)OP(=O)(O)F. The van der Waals surface area contributed by atoms with E-state index >= 15 is 0 Å². The van der Waals surface area contributed by atoms with Crippen LogP contribution in [-0.2, 0) is 18.2 Å². The fourth-order valence-electron chi connectivity index (χ4n) is 0.346. The standard InChI is InChI=1S/C2H4F4O6P2/c3-2(4,12-14(6,9)10)1-11-13(5,7)8/h1H2,(H,7,8)(H,9,10). The Bertz CT molecular complexity index is 280. The molecule has 2 atom stereocenters. The molecule has 0 heterocycles. The van der Waals surface area contributed by atoms with Crippen LogP contribution in [0.15, 0.2) is 0 Å². The molecule has 0 aromatic heterocycles. The van der Waals surface area contributed by atoms with E-state index in [9.17, 15) is 26.3 Å². The Morgan fingerprint density at radius 2 is 1.57 bits per heavy atom. The minimum absolute atomic E-state index is 2.17. The zero-order valence-electron chi connectivity index (χ0n) is 6.14. The van der Waals surface area contributed by atoms with Crippen molar-refractivity contribution in [3.05, 3.63) is 0 Å². The maximum Gasteiger partial charge on any atom is 0.515 e. The molecule has 0 saturated heterocycles. The van der Waals surface area contributed by atoms with Crippen LogP contribution in [0.1, 0.15) is 0 Å². The summed E-state index contributed by atoms with van der Waals surface area (Å²) in [6, 6.07) is 0. The van der Waals surface area contributed by atoms with Gasteiger partial charge < -0.3 is 0 Å². The summed E-state index contributed by atoms with van der Waals surface area (Å²) in [5.74, 6) is 0. The van der Waals surface area contributed by atoms with E-state index in [0.717, 1.165) is 0 Å². The summed E-state index contributed by atoms with van der Waals surface area (Å²) in [5, 5.41) is 0. The summed E-state index contributed by atoms with van der Waals surface area (Å²) in [4.78, 5) is 15.4. The summed E-state index contributed by atoms with van der Waals surface area (Å²) in [6.07, 6.45) is -4.69. The van der Waals surface area contributed by atoms with E-state index in [4.69, 9.17) is 9.79 Å². The molecule has 0 aliphatic rings. The fourth-order valence-corrected chi connectivity index (χ4v) is 1.04. The minimum Gasteiger partial charge on any atom is -0.299 e. The maximum atomic E-state index is 12.1. The van der Waals surface area contributed by atoms with E-state index in [-0.39, 0.29) is 0 Å². The second-order valence-corrected chi connectivity index (χ2v) is 4.15. The van der Waals surface area contributed by atoms with E-state index in [1.54, 1.807) is 0 Å². The van der Waals surface area contributed by atoms with Crippen LogP contribution in [0, 0.1) is 0 Å². The van der Waals surface area contributed by atoms with Crippen molar-refractivity contribution in [2.45, 2.75) is 6.11 Å². The van der Waals surface area contributed by atoms with Crippen molar-refractivity contribution in [3.8, 4) is 0 Å². The molecule has 2 N–H and O–H groups in total. The van der Waals surface area contributed by atoms with Gasteiger partial charge in [-0.15, -0.1) is 8.39 Å². The lowest BCUT2D eigenvalue weighted by Gasteiger charge is -2.15. The predicted octanol–water partition coefficient (Wildman–Crippen LogP) is 1.75. The Hall–Kier alpha value is 0.0200. The van der Waals surface area contributed by atoms with Crippen molar-refractivity contribution in [1.82, 2.24) is 0 Å². The van der Waals surface area contributed by atoms with Gasteiger partial charge in [-0.1, -0.05) is 0 Å². The molecule has 0 bridgehead atoms. The molecular weight excluding hydrogens is 258 g/mol. The zero-order chi connectivity index (χ0) is 11.6. The summed E-state index contributed by atoms with van der Waals surface area (Å²) < 4.78 is 72.5. The third-order valence-corrected chi connectivity index (χ3v) is 1.58. The lowest BCUT2D eigenvalue weighted by molar-refractivity contribution is -0.204. The molecule has 0 aliphatic carbocycles. The molecule has 2 unspecified atom stereocenters. The Labute approximate surface area is 74.8 Å². The van der Waals surface area contributed by atoms with Crippen LogP contribution in [0.4, 0.5) is 17.2 Å². The Balaban J connectivity index is 4.23. The van der Waals surface area contributed by atoms with Crippen LogP contribution in [0.2, 0.25) is 0 Å². The van der Waals surface area contributed by atoms with Gasteiger partial charge in [0, 0.05) is 0 Å². The van der Waals surface area contributed by atoms with E-state index in [0.29, 0.717) is 0 Å². The first kappa shape index (κ1) is 14.0. The molecule has 0 rings (SSSR count). The van der Waals surface area contributed by atoms with Crippen LogP contribution >= 0.6 is 15.8 Å². The van der Waals surface area contributed by atoms with Gasteiger partial charge in [0.2, 0.25) is 0 Å². The number of halogens is 4. The first-order valence-corrected chi connectivity index (χ1v) is 5.63. The van der Waals surface area contributed by atoms with E-state index in [2.05, 4.69) is 9.05 Å². The van der Waals surface area contributed by atoms with Crippen LogP contribution in [0.25, 0.3) is 0 Å². The Morgan fingerprint density at radius 1 is 1.14 bits per heavy atom. The van der Waals surface area contributed by atoms with Gasteiger partial charge in [0.25, 0.3) is 0 Å². The van der Waals surface area contributed by atoms with Crippen molar-refractivity contribution in [2.75, 3.05) is 6.61 Å². The molecular formula is C2H4F4O6P2. The molecule has 6 nitrogen and oxygen atoms in total. The van der Waals surface area contributed by atoms with Crippen molar-refractivity contribution in [1.29, 1.82) is 0 Å². The smallest absolute Gasteiger partial charge is 0.299 e. The van der Waals surface area contributed by atoms with Gasteiger partial charge >= 0.3 is 21.9 Å². The average molecular weight is 262 g/mol. The summed E-state index contributed by atoms with van der Waals surface area (Å²) >= 11 is 0. The molecule has 0 radical (unpaired) electrons. The molecule has 0 aromatic carbocycles. The zero-order valence-corrected chi connectivity index (χ0v) is 7.93. The second-order valence-electron chi connectivity index (χ2n) is 1.90. The van der Waals surface area contributed by atoms with Gasteiger partial charge in [0.05, 0.1) is 0 Å². The fraction of sp³-hybridized carbons (Fsp3) is 1.00. The van der Waals surface area contributed by atoms with Gasteiger partial charge in [-0.25, -0.2) is 13.7 Å².